The molecule has 0 spiro atoms. The summed E-state index contributed by atoms with van der Waals surface area (Å²) in [5, 5.41) is 15.0. The fourth-order valence-electron chi connectivity index (χ4n) is 3.39. The average molecular weight is 292 g/mol. The average Bonchev–Trinajstić information content (AvgIpc) is 2.95. The molecule has 1 aliphatic rings. The summed E-state index contributed by atoms with van der Waals surface area (Å²) in [5.41, 5.74) is 2.97. The fraction of sp³-hybridized carbons (Fsp3) is 0.167. The first-order chi connectivity index (χ1) is 10.5. The number of para-hydroxylation sites is 1. The van der Waals surface area contributed by atoms with E-state index in [-0.39, 0.29) is 0 Å². The van der Waals surface area contributed by atoms with Gasteiger partial charge in [-0.2, -0.15) is 0 Å². The summed E-state index contributed by atoms with van der Waals surface area (Å²) in [6, 6.07) is 13.3. The van der Waals surface area contributed by atoms with Crippen molar-refractivity contribution < 1.29 is 9.90 Å². The fourth-order valence-corrected chi connectivity index (χ4v) is 3.39. The highest BCUT2D eigenvalue weighted by Crippen LogP contribution is 2.44. The first-order valence-corrected chi connectivity index (χ1v) is 7.24. The number of aromatic amines is 1. The molecule has 0 fully saturated rings. The van der Waals surface area contributed by atoms with E-state index in [4.69, 9.17) is 0 Å². The number of benzene rings is 2. The molecule has 0 radical (unpaired) electrons. The lowest BCUT2D eigenvalue weighted by atomic mass is 9.85. The zero-order valence-electron chi connectivity index (χ0n) is 12.4. The molecule has 3 N–H and O–H groups in total. The molecule has 1 amide bonds. The number of hydrogen-bond acceptors (Lipinski definition) is 2. The summed E-state index contributed by atoms with van der Waals surface area (Å²) in [7, 11) is 0. The van der Waals surface area contributed by atoms with E-state index >= 15 is 0 Å². The minimum atomic E-state index is -1.66. The molecule has 0 saturated heterocycles. The van der Waals surface area contributed by atoms with Gasteiger partial charge in [-0.1, -0.05) is 35.9 Å². The van der Waals surface area contributed by atoms with Crippen LogP contribution in [0.4, 0.5) is 5.69 Å². The predicted molar refractivity (Wildman–Crippen MR) is 85.8 cm³/mol. The molecule has 0 unspecified atom stereocenters. The van der Waals surface area contributed by atoms with E-state index in [2.05, 4.69) is 10.3 Å². The van der Waals surface area contributed by atoms with Crippen LogP contribution in [-0.2, 0) is 10.4 Å². The normalized spacial score (nSPS) is 20.2. The van der Waals surface area contributed by atoms with Crippen molar-refractivity contribution in [3.8, 4) is 0 Å². The van der Waals surface area contributed by atoms with Gasteiger partial charge < -0.3 is 15.4 Å². The highest BCUT2D eigenvalue weighted by atomic mass is 16.3. The lowest BCUT2D eigenvalue weighted by Gasteiger charge is -2.22. The van der Waals surface area contributed by atoms with E-state index in [0.29, 0.717) is 16.8 Å². The van der Waals surface area contributed by atoms with Crippen LogP contribution >= 0.6 is 0 Å². The highest BCUT2D eigenvalue weighted by molar-refractivity contribution is 6.09. The molecule has 110 valence electrons. The number of nitrogens with one attached hydrogen (secondary N) is 2. The third-order valence-corrected chi connectivity index (χ3v) is 4.40. The molecule has 4 heteroatoms. The van der Waals surface area contributed by atoms with E-state index in [1.54, 1.807) is 0 Å². The second-order valence-corrected chi connectivity index (χ2v) is 5.88. The van der Waals surface area contributed by atoms with Crippen molar-refractivity contribution in [2.75, 3.05) is 5.32 Å². The third-order valence-electron chi connectivity index (χ3n) is 4.40. The summed E-state index contributed by atoms with van der Waals surface area (Å²) in [4.78, 5) is 15.8. The molecule has 0 aliphatic carbocycles. The first kappa shape index (κ1) is 13.1. The van der Waals surface area contributed by atoms with Gasteiger partial charge in [-0.15, -0.1) is 0 Å². The Morgan fingerprint density at radius 3 is 2.68 bits per heavy atom. The minimum absolute atomic E-state index is 0.402. The molecule has 1 aromatic heterocycles. The van der Waals surface area contributed by atoms with Gasteiger partial charge in [0, 0.05) is 33.4 Å². The maximum atomic E-state index is 12.6. The summed E-state index contributed by atoms with van der Waals surface area (Å²) in [6.07, 6.45) is 0. The number of anilines is 1. The molecule has 22 heavy (non-hydrogen) atoms. The Labute approximate surface area is 127 Å². The smallest absolute Gasteiger partial charge is 0.265 e. The van der Waals surface area contributed by atoms with Crippen LogP contribution in [0.15, 0.2) is 42.5 Å². The number of aliphatic hydroxyl groups is 1. The minimum Gasteiger partial charge on any atom is -0.372 e. The second kappa shape index (κ2) is 4.21. The monoisotopic (exact) mass is 292 g/mol. The van der Waals surface area contributed by atoms with Crippen LogP contribution in [0.1, 0.15) is 22.4 Å². The van der Waals surface area contributed by atoms with Gasteiger partial charge in [-0.3, -0.25) is 4.79 Å². The zero-order valence-corrected chi connectivity index (χ0v) is 12.4. The topological polar surface area (TPSA) is 65.1 Å². The van der Waals surface area contributed by atoms with E-state index in [0.717, 1.165) is 22.2 Å². The number of aryl methyl sites for hydroxylation is 2. The Morgan fingerprint density at radius 1 is 1.09 bits per heavy atom. The van der Waals surface area contributed by atoms with Gasteiger partial charge in [-0.05, 0) is 26.0 Å². The predicted octanol–water partition coefficient (Wildman–Crippen LogP) is 2.97. The number of carbonyl (C=O) groups excluding carboxylic acids is 1. The van der Waals surface area contributed by atoms with Crippen LogP contribution in [0, 0.1) is 13.8 Å². The van der Waals surface area contributed by atoms with E-state index in [9.17, 15) is 9.90 Å². The molecule has 0 saturated carbocycles. The first-order valence-electron chi connectivity index (χ1n) is 7.24. The van der Waals surface area contributed by atoms with Crippen molar-refractivity contribution in [3.63, 3.8) is 0 Å². The van der Waals surface area contributed by atoms with Crippen LogP contribution in [0.3, 0.4) is 0 Å². The van der Waals surface area contributed by atoms with Crippen molar-refractivity contribution in [1.29, 1.82) is 0 Å². The van der Waals surface area contributed by atoms with Crippen LogP contribution in [0.25, 0.3) is 10.9 Å². The Balaban J connectivity index is 2.08. The largest absolute Gasteiger partial charge is 0.372 e. The SMILES string of the molecule is Cc1ccc2c(c1)[C@](O)(c1c(C)[nH]c3ccccc13)C(=O)N2. The second-order valence-electron chi connectivity index (χ2n) is 5.88. The summed E-state index contributed by atoms with van der Waals surface area (Å²) in [5.74, 6) is -0.402. The van der Waals surface area contributed by atoms with Crippen molar-refractivity contribution in [2.24, 2.45) is 0 Å². The molecule has 2 heterocycles. The van der Waals surface area contributed by atoms with Crippen LogP contribution in [0.2, 0.25) is 0 Å². The standard InChI is InChI=1S/C18H16N2O2/c1-10-7-8-15-13(9-10)18(22,17(21)20-15)16-11(2)19-14-6-4-3-5-12(14)16/h3-9,19,22H,1-2H3,(H,20,21)/t18-/m0/s1. The van der Waals surface area contributed by atoms with Gasteiger partial charge >= 0.3 is 0 Å². The number of hydrogen-bond donors (Lipinski definition) is 3. The summed E-state index contributed by atoms with van der Waals surface area (Å²) < 4.78 is 0. The molecular weight excluding hydrogens is 276 g/mol. The van der Waals surface area contributed by atoms with E-state index in [1.165, 1.54) is 0 Å². The number of amides is 1. The Hall–Kier alpha value is -2.59. The molecule has 0 bridgehead atoms. The van der Waals surface area contributed by atoms with Crippen molar-refractivity contribution in [2.45, 2.75) is 19.4 Å². The molecule has 1 aliphatic heterocycles. The number of carbonyl (C=O) groups is 1. The van der Waals surface area contributed by atoms with Gasteiger partial charge in [0.2, 0.25) is 0 Å². The van der Waals surface area contributed by atoms with Crippen molar-refractivity contribution in [3.05, 3.63) is 64.8 Å². The lowest BCUT2D eigenvalue weighted by Crippen LogP contribution is -2.35. The maximum absolute atomic E-state index is 12.6. The van der Waals surface area contributed by atoms with Gasteiger partial charge in [0.25, 0.3) is 5.91 Å². The number of aromatic nitrogens is 1. The Morgan fingerprint density at radius 2 is 1.86 bits per heavy atom. The van der Waals surface area contributed by atoms with Gasteiger partial charge in [0.05, 0.1) is 0 Å². The van der Waals surface area contributed by atoms with Crippen molar-refractivity contribution >= 4 is 22.5 Å². The lowest BCUT2D eigenvalue weighted by molar-refractivity contribution is -0.129. The van der Waals surface area contributed by atoms with Gasteiger partial charge in [0.15, 0.2) is 5.60 Å². The summed E-state index contributed by atoms with van der Waals surface area (Å²) >= 11 is 0. The summed E-state index contributed by atoms with van der Waals surface area (Å²) in [6.45, 7) is 3.83. The van der Waals surface area contributed by atoms with Crippen LogP contribution in [0.5, 0.6) is 0 Å². The van der Waals surface area contributed by atoms with E-state index < -0.39 is 11.5 Å². The Bertz CT molecular complexity index is 926. The maximum Gasteiger partial charge on any atom is 0.265 e. The Kier molecular flexibility index (Phi) is 2.51. The highest BCUT2D eigenvalue weighted by Gasteiger charge is 2.49. The zero-order chi connectivity index (χ0) is 15.5. The number of H-pyrrole nitrogens is 1. The van der Waals surface area contributed by atoms with Crippen LogP contribution in [-0.4, -0.2) is 16.0 Å². The molecular formula is C18H16N2O2. The number of rotatable bonds is 1. The molecule has 1 atom stereocenters. The molecule has 2 aromatic carbocycles. The molecule has 4 nitrogen and oxygen atoms in total. The van der Waals surface area contributed by atoms with Crippen molar-refractivity contribution in [1.82, 2.24) is 4.98 Å². The quantitative estimate of drug-likeness (QED) is 0.645. The number of fused-ring (bicyclic) bond motifs is 2. The third kappa shape index (κ3) is 1.53. The molecule has 3 aromatic rings. The molecule has 4 rings (SSSR count). The van der Waals surface area contributed by atoms with Crippen LogP contribution < -0.4 is 5.32 Å². The van der Waals surface area contributed by atoms with Gasteiger partial charge in [0.1, 0.15) is 0 Å². The van der Waals surface area contributed by atoms with E-state index in [1.807, 2.05) is 56.3 Å². The van der Waals surface area contributed by atoms with Gasteiger partial charge in [-0.25, -0.2) is 0 Å².